The van der Waals surface area contributed by atoms with Crippen molar-refractivity contribution in [3.8, 4) is 0 Å². The van der Waals surface area contributed by atoms with E-state index in [1.165, 1.54) is 0 Å². The van der Waals surface area contributed by atoms with Gasteiger partial charge < -0.3 is 0 Å². The van der Waals surface area contributed by atoms with Crippen molar-refractivity contribution in [2.24, 2.45) is 5.84 Å². The van der Waals surface area contributed by atoms with Gasteiger partial charge in [0.2, 0.25) is 0 Å². The van der Waals surface area contributed by atoms with Gasteiger partial charge in [-0.2, -0.15) is 0 Å². The van der Waals surface area contributed by atoms with Crippen molar-refractivity contribution < 1.29 is 0 Å². The molecule has 0 radical (unpaired) electrons. The van der Waals surface area contributed by atoms with E-state index in [2.05, 4.69) is 28.3 Å². The first-order valence-electron chi connectivity index (χ1n) is 4.59. The van der Waals surface area contributed by atoms with E-state index < -0.39 is 0 Å². The molecule has 0 amide bonds. The zero-order valence-corrected chi connectivity index (χ0v) is 10.4. The number of hydrazine groups is 1. The summed E-state index contributed by atoms with van der Waals surface area (Å²) < 4.78 is 0.983. The van der Waals surface area contributed by atoms with E-state index >= 15 is 0 Å². The zero-order valence-electron chi connectivity index (χ0n) is 8.06. The van der Waals surface area contributed by atoms with Gasteiger partial charge in [-0.25, -0.2) is 0 Å². The van der Waals surface area contributed by atoms with Gasteiger partial charge in [-0.15, -0.1) is 0 Å². The molecule has 2 nitrogen and oxygen atoms in total. The molecule has 4 heteroatoms. The van der Waals surface area contributed by atoms with Gasteiger partial charge in [0.05, 0.1) is 0 Å². The molecule has 1 aromatic carbocycles. The quantitative estimate of drug-likeness (QED) is 0.654. The lowest BCUT2D eigenvalue weighted by atomic mass is 10.0. The summed E-state index contributed by atoms with van der Waals surface area (Å²) in [4.78, 5) is 0. The largest absolute Gasteiger partial charge is 0.271 e. The summed E-state index contributed by atoms with van der Waals surface area (Å²) >= 11 is 9.36. The summed E-state index contributed by atoms with van der Waals surface area (Å²) in [5.74, 6) is 5.48. The van der Waals surface area contributed by atoms with Crippen LogP contribution in [-0.2, 0) is 0 Å². The maximum absolute atomic E-state index is 5.95. The highest BCUT2D eigenvalue weighted by Gasteiger charge is 2.09. The molecule has 0 bridgehead atoms. The lowest BCUT2D eigenvalue weighted by Gasteiger charge is -2.15. The Morgan fingerprint density at radius 2 is 2.21 bits per heavy atom. The van der Waals surface area contributed by atoms with Crippen LogP contribution >= 0.6 is 27.5 Å². The maximum atomic E-state index is 5.95. The van der Waals surface area contributed by atoms with Crippen LogP contribution in [0.5, 0.6) is 0 Å². The van der Waals surface area contributed by atoms with E-state index in [1.54, 1.807) is 0 Å². The van der Waals surface area contributed by atoms with Gasteiger partial charge in [0, 0.05) is 15.5 Å². The number of halogens is 2. The Bertz CT molecular complexity index is 284. The van der Waals surface area contributed by atoms with Crippen molar-refractivity contribution in [2.75, 3.05) is 0 Å². The Kier molecular flexibility index (Phi) is 4.89. The molecule has 1 aromatic rings. The van der Waals surface area contributed by atoms with Crippen LogP contribution in [0.15, 0.2) is 22.7 Å². The highest BCUT2D eigenvalue weighted by molar-refractivity contribution is 9.10. The van der Waals surface area contributed by atoms with Crippen LogP contribution in [0.2, 0.25) is 5.02 Å². The zero-order chi connectivity index (χ0) is 10.6. The lowest BCUT2D eigenvalue weighted by molar-refractivity contribution is 0.510. The molecule has 0 saturated heterocycles. The molecule has 0 saturated carbocycles. The molecule has 1 unspecified atom stereocenters. The molecule has 14 heavy (non-hydrogen) atoms. The SMILES string of the molecule is CCCC(NN)c1cc(Cl)cc(Br)c1. The van der Waals surface area contributed by atoms with Crippen LogP contribution in [0.3, 0.4) is 0 Å². The topological polar surface area (TPSA) is 38.0 Å². The van der Waals surface area contributed by atoms with E-state index in [1.807, 2.05) is 18.2 Å². The van der Waals surface area contributed by atoms with E-state index in [9.17, 15) is 0 Å². The van der Waals surface area contributed by atoms with Gasteiger partial charge in [0.1, 0.15) is 0 Å². The molecule has 78 valence electrons. The Morgan fingerprint density at radius 1 is 1.50 bits per heavy atom. The molecule has 3 N–H and O–H groups in total. The summed E-state index contributed by atoms with van der Waals surface area (Å²) in [6.45, 7) is 2.13. The molecule has 0 fully saturated rings. The number of rotatable bonds is 4. The second kappa shape index (κ2) is 5.71. The number of nitrogens with one attached hydrogen (secondary N) is 1. The molecule has 0 aliphatic heterocycles. The fourth-order valence-corrected chi connectivity index (χ4v) is 2.30. The highest BCUT2D eigenvalue weighted by atomic mass is 79.9. The summed E-state index contributed by atoms with van der Waals surface area (Å²) in [5, 5.41) is 0.728. The van der Waals surface area contributed by atoms with Crippen molar-refractivity contribution >= 4 is 27.5 Å². The van der Waals surface area contributed by atoms with Gasteiger partial charge >= 0.3 is 0 Å². The number of hydrogen-bond donors (Lipinski definition) is 2. The number of hydrogen-bond acceptors (Lipinski definition) is 2. The maximum Gasteiger partial charge on any atom is 0.0460 e. The second-order valence-corrected chi connectivity index (χ2v) is 4.56. The predicted octanol–water partition coefficient (Wildman–Crippen LogP) is 3.41. The van der Waals surface area contributed by atoms with E-state index in [0.717, 1.165) is 27.9 Å². The summed E-state index contributed by atoms with van der Waals surface area (Å²) in [7, 11) is 0. The third-order valence-electron chi connectivity index (χ3n) is 2.07. The predicted molar refractivity (Wildman–Crippen MR) is 64.1 cm³/mol. The van der Waals surface area contributed by atoms with Crippen LogP contribution in [0, 0.1) is 0 Å². The molecule has 0 aliphatic carbocycles. The van der Waals surface area contributed by atoms with Gasteiger partial charge in [-0.05, 0) is 30.2 Å². The molecule has 1 atom stereocenters. The van der Waals surface area contributed by atoms with Gasteiger partial charge in [-0.3, -0.25) is 11.3 Å². The van der Waals surface area contributed by atoms with Crippen LogP contribution in [0.4, 0.5) is 0 Å². The second-order valence-electron chi connectivity index (χ2n) is 3.21. The smallest absolute Gasteiger partial charge is 0.0460 e. The Labute approximate surface area is 97.9 Å². The Balaban J connectivity index is 2.91. The van der Waals surface area contributed by atoms with Gasteiger partial charge in [0.15, 0.2) is 0 Å². The normalized spacial score (nSPS) is 12.9. The van der Waals surface area contributed by atoms with Crippen molar-refractivity contribution in [1.29, 1.82) is 0 Å². The molecule has 1 rings (SSSR count). The summed E-state index contributed by atoms with van der Waals surface area (Å²) in [6.07, 6.45) is 2.09. The van der Waals surface area contributed by atoms with Crippen LogP contribution in [-0.4, -0.2) is 0 Å². The summed E-state index contributed by atoms with van der Waals surface area (Å²) in [6, 6.07) is 6.01. The van der Waals surface area contributed by atoms with Crippen molar-refractivity contribution in [1.82, 2.24) is 5.43 Å². The monoisotopic (exact) mass is 276 g/mol. The lowest BCUT2D eigenvalue weighted by Crippen LogP contribution is -2.27. The van der Waals surface area contributed by atoms with Crippen LogP contribution in [0.25, 0.3) is 0 Å². The van der Waals surface area contributed by atoms with Crippen molar-refractivity contribution in [2.45, 2.75) is 25.8 Å². The minimum absolute atomic E-state index is 0.176. The van der Waals surface area contributed by atoms with Gasteiger partial charge in [0.25, 0.3) is 0 Å². The molecule has 0 heterocycles. The molecular weight excluding hydrogens is 263 g/mol. The van der Waals surface area contributed by atoms with E-state index in [-0.39, 0.29) is 6.04 Å². The Hall–Kier alpha value is -0.0900. The molecular formula is C10H14BrClN2. The highest BCUT2D eigenvalue weighted by Crippen LogP contribution is 2.25. The van der Waals surface area contributed by atoms with Crippen LogP contribution in [0.1, 0.15) is 31.4 Å². The third kappa shape index (κ3) is 3.24. The van der Waals surface area contributed by atoms with E-state index in [0.29, 0.717) is 0 Å². The first-order valence-corrected chi connectivity index (χ1v) is 5.76. The fourth-order valence-electron chi connectivity index (χ4n) is 1.41. The van der Waals surface area contributed by atoms with Gasteiger partial charge in [-0.1, -0.05) is 40.9 Å². The third-order valence-corrected chi connectivity index (χ3v) is 2.74. The number of nitrogens with two attached hydrogens (primary N) is 1. The molecule has 0 spiro atoms. The minimum Gasteiger partial charge on any atom is -0.271 e. The minimum atomic E-state index is 0.176. The van der Waals surface area contributed by atoms with Crippen LogP contribution < -0.4 is 11.3 Å². The number of benzene rings is 1. The first kappa shape index (κ1) is 12.0. The average Bonchev–Trinajstić information content (AvgIpc) is 2.12. The average molecular weight is 278 g/mol. The Morgan fingerprint density at radius 3 is 2.71 bits per heavy atom. The fraction of sp³-hybridized carbons (Fsp3) is 0.400. The molecule has 0 aliphatic rings. The summed E-state index contributed by atoms with van der Waals surface area (Å²) in [5.41, 5.74) is 3.91. The van der Waals surface area contributed by atoms with Crippen molar-refractivity contribution in [3.05, 3.63) is 33.3 Å². The molecule has 0 aromatic heterocycles. The first-order chi connectivity index (χ1) is 6.67. The van der Waals surface area contributed by atoms with Crippen molar-refractivity contribution in [3.63, 3.8) is 0 Å². The van der Waals surface area contributed by atoms with E-state index in [4.69, 9.17) is 17.4 Å². The standard InChI is InChI=1S/C10H14BrClN2/c1-2-3-10(14-13)7-4-8(11)6-9(12)5-7/h4-6,10,14H,2-3,13H2,1H3.